The summed E-state index contributed by atoms with van der Waals surface area (Å²) in [5.41, 5.74) is 5.87. The van der Waals surface area contributed by atoms with E-state index in [2.05, 4.69) is 24.1 Å². The van der Waals surface area contributed by atoms with Gasteiger partial charge in [0.05, 0.1) is 12.6 Å². The zero-order valence-electron chi connectivity index (χ0n) is 13.3. The van der Waals surface area contributed by atoms with Gasteiger partial charge in [-0.2, -0.15) is 0 Å². The number of nitrogens with one attached hydrogen (secondary N) is 1. The van der Waals surface area contributed by atoms with E-state index in [9.17, 15) is 4.79 Å². The van der Waals surface area contributed by atoms with Crippen molar-refractivity contribution < 1.29 is 9.53 Å². The molecule has 0 aromatic heterocycles. The topological polar surface area (TPSA) is 67.6 Å². The van der Waals surface area contributed by atoms with E-state index in [1.165, 1.54) is 6.42 Å². The Balaban J connectivity index is 0. The number of rotatable bonds is 8. The van der Waals surface area contributed by atoms with Crippen molar-refractivity contribution in [1.82, 2.24) is 10.2 Å². The fourth-order valence-electron chi connectivity index (χ4n) is 2.59. The highest BCUT2D eigenvalue weighted by Gasteiger charge is 2.25. The molecule has 0 bridgehead atoms. The van der Waals surface area contributed by atoms with Crippen LogP contribution in [0.5, 0.6) is 0 Å². The van der Waals surface area contributed by atoms with Crippen molar-refractivity contribution in [2.75, 3.05) is 33.4 Å². The second-order valence-corrected chi connectivity index (χ2v) is 5.81. The first kappa shape index (κ1) is 23.2. The van der Waals surface area contributed by atoms with Crippen molar-refractivity contribution in [3.8, 4) is 0 Å². The molecule has 0 saturated carbocycles. The van der Waals surface area contributed by atoms with Crippen LogP contribution in [0.25, 0.3) is 0 Å². The number of likely N-dealkylation sites (tertiary alicyclic amines) is 1. The van der Waals surface area contributed by atoms with Gasteiger partial charge in [-0.3, -0.25) is 9.69 Å². The molecule has 0 spiro atoms. The molecule has 1 heterocycles. The molecule has 0 aromatic carbocycles. The molecule has 1 aliphatic rings. The molecule has 0 radical (unpaired) electrons. The summed E-state index contributed by atoms with van der Waals surface area (Å²) in [5, 5.41) is 2.99. The van der Waals surface area contributed by atoms with Crippen LogP contribution < -0.4 is 11.1 Å². The molecule has 3 N–H and O–H groups in total. The fraction of sp³-hybridized carbons (Fsp3) is 0.929. The van der Waals surface area contributed by atoms with Crippen molar-refractivity contribution in [3.05, 3.63) is 0 Å². The summed E-state index contributed by atoms with van der Waals surface area (Å²) in [6.07, 6.45) is 3.08. The highest BCUT2D eigenvalue weighted by Crippen LogP contribution is 2.15. The molecule has 1 aliphatic heterocycles. The summed E-state index contributed by atoms with van der Waals surface area (Å²) >= 11 is 0. The van der Waals surface area contributed by atoms with Gasteiger partial charge in [-0.1, -0.05) is 13.8 Å². The Bertz CT molecular complexity index is 281. The number of ether oxygens (including phenoxy) is 1. The van der Waals surface area contributed by atoms with Crippen LogP contribution in [0.1, 0.15) is 33.1 Å². The molecular formula is C14H31Cl2N3O2. The first-order valence-corrected chi connectivity index (χ1v) is 7.30. The highest BCUT2D eigenvalue weighted by atomic mass is 35.5. The average Bonchev–Trinajstić information content (AvgIpc) is 2.79. The van der Waals surface area contributed by atoms with E-state index in [1.54, 1.807) is 7.11 Å². The van der Waals surface area contributed by atoms with Crippen molar-refractivity contribution in [2.24, 2.45) is 11.7 Å². The van der Waals surface area contributed by atoms with Gasteiger partial charge in [-0.15, -0.1) is 24.8 Å². The fourth-order valence-corrected chi connectivity index (χ4v) is 2.59. The van der Waals surface area contributed by atoms with Crippen LogP contribution in [0.2, 0.25) is 0 Å². The van der Waals surface area contributed by atoms with E-state index in [4.69, 9.17) is 10.5 Å². The predicted molar refractivity (Wildman–Crippen MR) is 91.4 cm³/mol. The minimum Gasteiger partial charge on any atom is -0.383 e. The lowest BCUT2D eigenvalue weighted by atomic mass is 10.0. The van der Waals surface area contributed by atoms with Gasteiger partial charge in [0, 0.05) is 26.2 Å². The maximum atomic E-state index is 11.9. The van der Waals surface area contributed by atoms with Crippen molar-refractivity contribution in [2.45, 2.75) is 45.2 Å². The Morgan fingerprint density at radius 3 is 2.67 bits per heavy atom. The van der Waals surface area contributed by atoms with Crippen LogP contribution in [-0.4, -0.2) is 56.2 Å². The van der Waals surface area contributed by atoms with Gasteiger partial charge in [0.15, 0.2) is 0 Å². The number of nitrogens with two attached hydrogens (primary N) is 1. The van der Waals surface area contributed by atoms with Crippen LogP contribution in [0, 0.1) is 5.92 Å². The van der Waals surface area contributed by atoms with Gasteiger partial charge in [0.2, 0.25) is 5.91 Å². The molecule has 2 atom stereocenters. The predicted octanol–water partition coefficient (Wildman–Crippen LogP) is 1.43. The summed E-state index contributed by atoms with van der Waals surface area (Å²) in [7, 11) is 1.72. The van der Waals surface area contributed by atoms with Gasteiger partial charge < -0.3 is 15.8 Å². The summed E-state index contributed by atoms with van der Waals surface area (Å²) in [6, 6.07) is 0.0548. The minimum atomic E-state index is -0.381. The zero-order valence-corrected chi connectivity index (χ0v) is 15.0. The van der Waals surface area contributed by atoms with E-state index >= 15 is 0 Å². The lowest BCUT2D eigenvalue weighted by Gasteiger charge is -2.25. The largest absolute Gasteiger partial charge is 0.383 e. The Morgan fingerprint density at radius 1 is 1.43 bits per heavy atom. The van der Waals surface area contributed by atoms with E-state index in [0.29, 0.717) is 18.5 Å². The monoisotopic (exact) mass is 343 g/mol. The van der Waals surface area contributed by atoms with Gasteiger partial charge in [0.1, 0.15) is 0 Å². The number of carbonyl (C=O) groups excluding carboxylic acids is 1. The molecule has 128 valence electrons. The molecule has 5 nitrogen and oxygen atoms in total. The number of carbonyl (C=O) groups is 1. The number of halogens is 2. The van der Waals surface area contributed by atoms with Crippen molar-refractivity contribution >= 4 is 30.7 Å². The number of methoxy groups -OCH3 is 1. The average molecular weight is 344 g/mol. The highest BCUT2D eigenvalue weighted by molar-refractivity contribution is 5.85. The zero-order chi connectivity index (χ0) is 14.3. The molecule has 0 aromatic rings. The summed E-state index contributed by atoms with van der Waals surface area (Å²) in [6.45, 7) is 7.65. The van der Waals surface area contributed by atoms with E-state index in [0.717, 1.165) is 32.5 Å². The molecule has 1 amide bonds. The Labute approximate surface area is 141 Å². The Kier molecular flexibility index (Phi) is 13.8. The molecule has 0 aliphatic carbocycles. The van der Waals surface area contributed by atoms with Crippen LogP contribution >= 0.6 is 24.8 Å². The second-order valence-electron chi connectivity index (χ2n) is 5.81. The number of hydrogen-bond donors (Lipinski definition) is 2. The van der Waals surface area contributed by atoms with Crippen molar-refractivity contribution in [3.63, 3.8) is 0 Å². The first-order chi connectivity index (χ1) is 9.04. The summed E-state index contributed by atoms with van der Waals surface area (Å²) in [5.74, 6) is 0.428. The summed E-state index contributed by atoms with van der Waals surface area (Å²) in [4.78, 5) is 14.3. The van der Waals surface area contributed by atoms with E-state index in [1.807, 2.05) is 0 Å². The smallest absolute Gasteiger partial charge is 0.236 e. The minimum absolute atomic E-state index is 0. The van der Waals surface area contributed by atoms with Crippen LogP contribution in [0.15, 0.2) is 0 Å². The number of nitrogens with zero attached hydrogens (tertiary/aromatic N) is 1. The maximum Gasteiger partial charge on any atom is 0.236 e. The third-order valence-corrected chi connectivity index (χ3v) is 3.66. The number of hydrogen-bond acceptors (Lipinski definition) is 4. The molecule has 21 heavy (non-hydrogen) atoms. The lowest BCUT2D eigenvalue weighted by molar-refractivity contribution is -0.122. The Hall–Kier alpha value is -0.0700. The SMILES string of the molecule is COCCN1CCCC1CNC(=O)[C@@H](N)CC(C)C.Cl.Cl. The standard InChI is InChI=1S/C14H29N3O2.2ClH/c1-11(2)9-13(15)14(18)16-10-12-5-4-6-17(12)7-8-19-3;;/h11-13H,4-10,15H2,1-3H3,(H,16,18);2*1H/t12?,13-;;/m0../s1. The molecule has 7 heteroatoms. The van der Waals surface area contributed by atoms with Crippen LogP contribution in [-0.2, 0) is 9.53 Å². The van der Waals surface area contributed by atoms with Crippen molar-refractivity contribution in [1.29, 1.82) is 0 Å². The van der Waals surface area contributed by atoms with Crippen LogP contribution in [0.4, 0.5) is 0 Å². The molecule has 1 rings (SSSR count). The molecular weight excluding hydrogens is 313 g/mol. The molecule has 1 saturated heterocycles. The third-order valence-electron chi connectivity index (χ3n) is 3.66. The Morgan fingerprint density at radius 2 is 2.10 bits per heavy atom. The lowest BCUT2D eigenvalue weighted by Crippen LogP contribution is -2.47. The second kappa shape index (κ2) is 12.5. The van der Waals surface area contributed by atoms with Gasteiger partial charge in [-0.25, -0.2) is 0 Å². The molecule has 1 fully saturated rings. The molecule has 1 unspecified atom stereocenters. The summed E-state index contributed by atoms with van der Waals surface area (Å²) < 4.78 is 5.11. The normalized spacial score (nSPS) is 19.8. The van der Waals surface area contributed by atoms with Gasteiger partial charge in [-0.05, 0) is 31.7 Å². The third kappa shape index (κ3) is 8.83. The first-order valence-electron chi connectivity index (χ1n) is 7.30. The van der Waals surface area contributed by atoms with Gasteiger partial charge in [0.25, 0.3) is 0 Å². The quantitative estimate of drug-likeness (QED) is 0.699. The van der Waals surface area contributed by atoms with E-state index < -0.39 is 0 Å². The van der Waals surface area contributed by atoms with E-state index in [-0.39, 0.29) is 36.8 Å². The number of amides is 1. The van der Waals surface area contributed by atoms with Gasteiger partial charge >= 0.3 is 0 Å². The van der Waals surface area contributed by atoms with Crippen LogP contribution in [0.3, 0.4) is 0 Å². The maximum absolute atomic E-state index is 11.9.